The molecule has 1 aromatic rings. The van der Waals surface area contributed by atoms with Gasteiger partial charge in [-0.2, -0.15) is 0 Å². The second kappa shape index (κ2) is 3.09. The number of fused-ring (bicyclic) bond motifs is 1. The summed E-state index contributed by atoms with van der Waals surface area (Å²) in [7, 11) is 1.58. The van der Waals surface area contributed by atoms with Crippen molar-refractivity contribution in [3.8, 4) is 11.5 Å². The van der Waals surface area contributed by atoms with Crippen LogP contribution in [0.2, 0.25) is 5.02 Å². The Labute approximate surface area is 81.4 Å². The van der Waals surface area contributed by atoms with E-state index in [9.17, 15) is 0 Å². The van der Waals surface area contributed by atoms with Crippen LogP contribution in [-0.2, 0) is 0 Å². The molecule has 1 aliphatic heterocycles. The molecule has 4 heteroatoms. The van der Waals surface area contributed by atoms with Crippen LogP contribution in [0.5, 0.6) is 11.5 Å². The first kappa shape index (κ1) is 8.66. The van der Waals surface area contributed by atoms with E-state index in [1.54, 1.807) is 13.2 Å². The Morgan fingerprint density at radius 2 is 2.38 bits per heavy atom. The molecular formula is C9H10ClNO2. The Hall–Kier alpha value is -0.930. The number of halogens is 1. The van der Waals surface area contributed by atoms with E-state index in [1.807, 2.05) is 6.07 Å². The zero-order chi connectivity index (χ0) is 9.42. The largest absolute Gasteiger partial charge is 0.493 e. The fourth-order valence-corrected chi connectivity index (χ4v) is 1.65. The highest BCUT2D eigenvalue weighted by Gasteiger charge is 2.24. The van der Waals surface area contributed by atoms with Gasteiger partial charge in [-0.3, -0.25) is 0 Å². The molecule has 0 saturated heterocycles. The van der Waals surface area contributed by atoms with Gasteiger partial charge in [0.05, 0.1) is 13.2 Å². The van der Waals surface area contributed by atoms with Crippen LogP contribution in [0.3, 0.4) is 0 Å². The van der Waals surface area contributed by atoms with Gasteiger partial charge in [0.25, 0.3) is 0 Å². The smallest absolute Gasteiger partial charge is 0.166 e. The lowest BCUT2D eigenvalue weighted by Crippen LogP contribution is -2.10. The third-order valence-corrected chi connectivity index (χ3v) is 2.29. The quantitative estimate of drug-likeness (QED) is 0.750. The zero-order valence-corrected chi connectivity index (χ0v) is 7.97. The zero-order valence-electron chi connectivity index (χ0n) is 7.21. The van der Waals surface area contributed by atoms with E-state index < -0.39 is 0 Å². The van der Waals surface area contributed by atoms with Gasteiger partial charge in [-0.15, -0.1) is 0 Å². The summed E-state index contributed by atoms with van der Waals surface area (Å²) >= 11 is 5.88. The highest BCUT2D eigenvalue weighted by molar-refractivity contribution is 6.30. The Bertz CT molecular complexity index is 341. The minimum absolute atomic E-state index is 0.0948. The molecule has 1 atom stereocenters. The van der Waals surface area contributed by atoms with Crippen LogP contribution in [0.4, 0.5) is 0 Å². The van der Waals surface area contributed by atoms with Crippen LogP contribution in [0.1, 0.15) is 11.6 Å². The number of hydrogen-bond acceptors (Lipinski definition) is 3. The topological polar surface area (TPSA) is 44.5 Å². The van der Waals surface area contributed by atoms with Crippen molar-refractivity contribution in [2.75, 3.05) is 13.7 Å². The van der Waals surface area contributed by atoms with Gasteiger partial charge in [-0.25, -0.2) is 0 Å². The number of ether oxygens (including phenoxy) is 2. The van der Waals surface area contributed by atoms with Gasteiger partial charge in [0.2, 0.25) is 0 Å². The molecule has 0 spiro atoms. The summed E-state index contributed by atoms with van der Waals surface area (Å²) < 4.78 is 10.5. The third kappa shape index (κ3) is 1.34. The summed E-state index contributed by atoms with van der Waals surface area (Å²) in [6.45, 7) is 0.492. The number of hydrogen-bond donors (Lipinski definition) is 1. The number of methoxy groups -OCH3 is 1. The summed E-state index contributed by atoms with van der Waals surface area (Å²) in [6, 6.07) is 3.44. The molecule has 2 N–H and O–H groups in total. The SMILES string of the molecule is COc1cc(Cl)cc2c1OC[C@@H]2N. The van der Waals surface area contributed by atoms with Gasteiger partial charge < -0.3 is 15.2 Å². The van der Waals surface area contributed by atoms with Gasteiger partial charge in [0, 0.05) is 16.7 Å². The molecule has 70 valence electrons. The Balaban J connectivity index is 2.56. The van der Waals surface area contributed by atoms with Crippen molar-refractivity contribution in [1.82, 2.24) is 0 Å². The van der Waals surface area contributed by atoms with E-state index in [2.05, 4.69) is 0 Å². The Morgan fingerprint density at radius 3 is 3.08 bits per heavy atom. The third-order valence-electron chi connectivity index (χ3n) is 2.07. The molecule has 1 aliphatic rings. The molecule has 2 rings (SSSR count). The maximum absolute atomic E-state index is 5.88. The lowest BCUT2D eigenvalue weighted by atomic mass is 10.1. The van der Waals surface area contributed by atoms with Gasteiger partial charge in [0.1, 0.15) is 6.61 Å². The second-order valence-corrected chi connectivity index (χ2v) is 3.38. The number of rotatable bonds is 1. The summed E-state index contributed by atoms with van der Waals surface area (Å²) in [5.74, 6) is 1.37. The van der Waals surface area contributed by atoms with Crippen molar-refractivity contribution in [3.05, 3.63) is 22.7 Å². The maximum Gasteiger partial charge on any atom is 0.166 e. The average molecular weight is 200 g/mol. The van der Waals surface area contributed by atoms with Crippen LogP contribution in [0.15, 0.2) is 12.1 Å². The number of nitrogens with two attached hydrogens (primary N) is 1. The van der Waals surface area contributed by atoms with Crippen LogP contribution < -0.4 is 15.2 Å². The molecule has 0 aliphatic carbocycles. The molecule has 3 nitrogen and oxygen atoms in total. The van der Waals surface area contributed by atoms with Crippen LogP contribution in [0.25, 0.3) is 0 Å². The molecule has 0 radical (unpaired) electrons. The van der Waals surface area contributed by atoms with Crippen molar-refractivity contribution in [2.45, 2.75) is 6.04 Å². The van der Waals surface area contributed by atoms with Crippen molar-refractivity contribution < 1.29 is 9.47 Å². The average Bonchev–Trinajstić information content (AvgIpc) is 2.47. The summed E-state index contributed by atoms with van der Waals surface area (Å²) in [5, 5.41) is 0.622. The highest BCUT2D eigenvalue weighted by atomic mass is 35.5. The van der Waals surface area contributed by atoms with Gasteiger partial charge in [-0.1, -0.05) is 11.6 Å². The van der Waals surface area contributed by atoms with E-state index in [0.717, 1.165) is 11.3 Å². The fourth-order valence-electron chi connectivity index (χ4n) is 1.43. The van der Waals surface area contributed by atoms with Gasteiger partial charge in [0.15, 0.2) is 11.5 Å². The minimum atomic E-state index is -0.0948. The predicted octanol–water partition coefficient (Wildman–Crippen LogP) is 1.74. The Kier molecular flexibility index (Phi) is 2.06. The van der Waals surface area contributed by atoms with Crippen molar-refractivity contribution in [1.29, 1.82) is 0 Å². The van der Waals surface area contributed by atoms with Crippen molar-refractivity contribution in [2.24, 2.45) is 5.73 Å². The molecule has 13 heavy (non-hydrogen) atoms. The van der Waals surface area contributed by atoms with E-state index in [1.165, 1.54) is 0 Å². The van der Waals surface area contributed by atoms with Crippen molar-refractivity contribution in [3.63, 3.8) is 0 Å². The summed E-state index contributed by atoms with van der Waals surface area (Å²) in [6.07, 6.45) is 0. The van der Waals surface area contributed by atoms with Crippen molar-refractivity contribution >= 4 is 11.6 Å². The lowest BCUT2D eigenvalue weighted by molar-refractivity contribution is 0.311. The molecule has 0 fully saturated rings. The summed E-state index contributed by atoms with van der Waals surface area (Å²) in [5.41, 5.74) is 6.72. The summed E-state index contributed by atoms with van der Waals surface area (Å²) in [4.78, 5) is 0. The molecule has 0 amide bonds. The normalized spacial score (nSPS) is 19.5. The van der Waals surface area contributed by atoms with E-state index in [4.69, 9.17) is 26.8 Å². The van der Waals surface area contributed by atoms with Crippen LogP contribution in [-0.4, -0.2) is 13.7 Å². The fraction of sp³-hybridized carbons (Fsp3) is 0.333. The van der Waals surface area contributed by atoms with E-state index in [-0.39, 0.29) is 6.04 Å². The monoisotopic (exact) mass is 199 g/mol. The minimum Gasteiger partial charge on any atom is -0.493 e. The molecular weight excluding hydrogens is 190 g/mol. The first-order chi connectivity index (χ1) is 6.22. The Morgan fingerprint density at radius 1 is 1.62 bits per heavy atom. The first-order valence-corrected chi connectivity index (χ1v) is 4.36. The molecule has 0 aromatic heterocycles. The first-order valence-electron chi connectivity index (χ1n) is 3.98. The lowest BCUT2D eigenvalue weighted by Gasteiger charge is -2.06. The molecule has 1 heterocycles. The number of benzene rings is 1. The molecule has 0 unspecified atom stereocenters. The molecule has 0 saturated carbocycles. The van der Waals surface area contributed by atoms with Crippen LogP contribution in [0, 0.1) is 0 Å². The van der Waals surface area contributed by atoms with Crippen LogP contribution >= 0.6 is 11.6 Å². The van der Waals surface area contributed by atoms with Gasteiger partial charge in [-0.05, 0) is 6.07 Å². The van der Waals surface area contributed by atoms with E-state index in [0.29, 0.717) is 17.4 Å². The molecule has 1 aromatic carbocycles. The predicted molar refractivity (Wildman–Crippen MR) is 50.4 cm³/mol. The van der Waals surface area contributed by atoms with Gasteiger partial charge >= 0.3 is 0 Å². The maximum atomic E-state index is 5.88. The highest BCUT2D eigenvalue weighted by Crippen LogP contribution is 2.41. The van der Waals surface area contributed by atoms with E-state index >= 15 is 0 Å². The second-order valence-electron chi connectivity index (χ2n) is 2.94. The molecule has 0 bridgehead atoms. The standard InChI is InChI=1S/C9H10ClNO2/c1-12-8-3-5(10)2-6-7(11)4-13-9(6)8/h2-3,7H,4,11H2,1H3/t7-/m0/s1.